The predicted octanol–water partition coefficient (Wildman–Crippen LogP) is 3.90. The Hall–Kier alpha value is -4.13. The van der Waals surface area contributed by atoms with Gasteiger partial charge in [0.05, 0.1) is 6.42 Å². The molecule has 3 rings (SSSR count). The van der Waals surface area contributed by atoms with Gasteiger partial charge >= 0.3 is 0 Å². The fraction of sp³-hybridized carbons (Fsp3) is 0.160. The number of primary amides is 1. The number of anilines is 1. The lowest BCUT2D eigenvalue weighted by atomic mass is 10.1. The summed E-state index contributed by atoms with van der Waals surface area (Å²) in [5, 5.41) is 5.68. The van der Waals surface area contributed by atoms with Crippen LogP contribution in [0.5, 0.6) is 11.5 Å². The number of hydrogen-bond acceptors (Lipinski definition) is 4. The van der Waals surface area contributed by atoms with Gasteiger partial charge in [0.1, 0.15) is 11.5 Å². The van der Waals surface area contributed by atoms with Crippen LogP contribution >= 0.6 is 0 Å². The van der Waals surface area contributed by atoms with E-state index in [2.05, 4.69) is 10.6 Å². The molecule has 0 saturated carbocycles. The average Bonchev–Trinajstić information content (AvgIpc) is 2.75. The topological polar surface area (TPSA) is 111 Å². The van der Waals surface area contributed by atoms with Crippen molar-refractivity contribution in [1.29, 1.82) is 0 Å². The van der Waals surface area contributed by atoms with Crippen LogP contribution < -0.4 is 21.1 Å². The number of amides is 3. The number of benzene rings is 3. The second kappa shape index (κ2) is 10.3. The van der Waals surface area contributed by atoms with Gasteiger partial charge in [-0.05, 0) is 80.1 Å². The van der Waals surface area contributed by atoms with E-state index in [9.17, 15) is 14.4 Å². The highest BCUT2D eigenvalue weighted by Crippen LogP contribution is 2.22. The largest absolute Gasteiger partial charge is 0.457 e. The molecule has 3 aromatic carbocycles. The Labute approximate surface area is 186 Å². The molecule has 7 nitrogen and oxygen atoms in total. The molecule has 0 aromatic heterocycles. The lowest BCUT2D eigenvalue weighted by molar-refractivity contribution is -0.120. The molecule has 0 saturated heterocycles. The van der Waals surface area contributed by atoms with Gasteiger partial charge in [0.15, 0.2) is 0 Å². The number of nitrogens with two attached hydrogens (primary N) is 1. The van der Waals surface area contributed by atoms with E-state index < -0.39 is 5.91 Å². The maximum Gasteiger partial charge on any atom is 0.255 e. The molecule has 0 aliphatic carbocycles. The summed E-state index contributed by atoms with van der Waals surface area (Å²) in [6, 6.07) is 20.4. The van der Waals surface area contributed by atoms with Crippen LogP contribution in [0.3, 0.4) is 0 Å². The first-order valence-corrected chi connectivity index (χ1v) is 10.2. The second-order valence-electron chi connectivity index (χ2n) is 7.57. The van der Waals surface area contributed by atoms with Crippen molar-refractivity contribution < 1.29 is 19.1 Å². The first kappa shape index (κ1) is 22.6. The van der Waals surface area contributed by atoms with Gasteiger partial charge in [0.2, 0.25) is 11.8 Å². The minimum absolute atomic E-state index is 0.0390. The zero-order valence-corrected chi connectivity index (χ0v) is 17.9. The standard InChI is InChI=1S/C25H25N3O4/c1-16(2)27-23(29)15-17-3-9-20(10-4-17)28-25(31)19-7-13-22(14-8-19)32-21-11-5-18(6-12-21)24(26)30/h3-14,16H,15H2,1-2H3,(H2,26,30)(H,27,29)(H,28,31). The number of rotatable bonds is 8. The summed E-state index contributed by atoms with van der Waals surface area (Å²) in [6.07, 6.45) is 0.291. The van der Waals surface area contributed by atoms with Crippen LogP contribution in [0.15, 0.2) is 72.8 Å². The van der Waals surface area contributed by atoms with E-state index in [1.807, 2.05) is 26.0 Å². The smallest absolute Gasteiger partial charge is 0.255 e. The maximum absolute atomic E-state index is 12.5. The van der Waals surface area contributed by atoms with Crippen molar-refractivity contribution in [3.05, 3.63) is 89.5 Å². The SMILES string of the molecule is CC(C)NC(=O)Cc1ccc(NC(=O)c2ccc(Oc3ccc(C(N)=O)cc3)cc2)cc1. The summed E-state index contributed by atoms with van der Waals surface area (Å²) in [5.74, 6) is 0.306. The first-order chi connectivity index (χ1) is 15.3. The quantitative estimate of drug-likeness (QED) is 0.502. The molecule has 4 N–H and O–H groups in total. The van der Waals surface area contributed by atoms with Crippen LogP contribution in [-0.2, 0) is 11.2 Å². The van der Waals surface area contributed by atoms with Gasteiger partial charge in [-0.15, -0.1) is 0 Å². The number of hydrogen-bond donors (Lipinski definition) is 3. The van der Waals surface area contributed by atoms with Crippen molar-refractivity contribution in [2.24, 2.45) is 5.73 Å². The van der Waals surface area contributed by atoms with E-state index in [1.165, 1.54) is 0 Å². The molecule has 7 heteroatoms. The first-order valence-electron chi connectivity index (χ1n) is 10.2. The van der Waals surface area contributed by atoms with Gasteiger partial charge in [-0.2, -0.15) is 0 Å². The van der Waals surface area contributed by atoms with Gasteiger partial charge in [-0.1, -0.05) is 12.1 Å². The van der Waals surface area contributed by atoms with E-state index >= 15 is 0 Å². The summed E-state index contributed by atoms with van der Waals surface area (Å²) in [5.41, 5.74) is 7.60. The van der Waals surface area contributed by atoms with E-state index in [4.69, 9.17) is 10.5 Å². The molecule has 0 unspecified atom stereocenters. The number of carbonyl (C=O) groups is 3. The Morgan fingerprint density at radius 1 is 0.812 bits per heavy atom. The van der Waals surface area contributed by atoms with E-state index in [-0.39, 0.29) is 17.9 Å². The fourth-order valence-corrected chi connectivity index (χ4v) is 2.97. The highest BCUT2D eigenvalue weighted by molar-refractivity contribution is 6.04. The highest BCUT2D eigenvalue weighted by atomic mass is 16.5. The average molecular weight is 431 g/mol. The van der Waals surface area contributed by atoms with E-state index in [1.54, 1.807) is 60.7 Å². The lowest BCUT2D eigenvalue weighted by Crippen LogP contribution is -2.31. The van der Waals surface area contributed by atoms with Gasteiger partial charge in [-0.25, -0.2) is 0 Å². The Balaban J connectivity index is 1.56. The Kier molecular flexibility index (Phi) is 7.23. The van der Waals surface area contributed by atoms with E-state index in [0.717, 1.165) is 5.56 Å². The molecule has 164 valence electrons. The summed E-state index contributed by atoms with van der Waals surface area (Å²) in [4.78, 5) is 35.5. The Bertz CT molecular complexity index is 1090. The van der Waals surface area contributed by atoms with Crippen molar-refractivity contribution in [3.8, 4) is 11.5 Å². The monoisotopic (exact) mass is 431 g/mol. The van der Waals surface area contributed by atoms with Crippen molar-refractivity contribution in [2.45, 2.75) is 26.3 Å². The minimum atomic E-state index is -0.502. The van der Waals surface area contributed by atoms with Crippen LogP contribution in [-0.4, -0.2) is 23.8 Å². The molecule has 0 spiro atoms. The van der Waals surface area contributed by atoms with Crippen molar-refractivity contribution in [2.75, 3.05) is 5.32 Å². The van der Waals surface area contributed by atoms with Gasteiger partial charge in [0, 0.05) is 22.9 Å². The third-order valence-corrected chi connectivity index (χ3v) is 4.52. The molecule has 0 radical (unpaired) electrons. The predicted molar refractivity (Wildman–Crippen MR) is 123 cm³/mol. The second-order valence-corrected chi connectivity index (χ2v) is 7.57. The van der Waals surface area contributed by atoms with Crippen LogP contribution in [0, 0.1) is 0 Å². The number of nitrogens with one attached hydrogen (secondary N) is 2. The highest BCUT2D eigenvalue weighted by Gasteiger charge is 2.09. The summed E-state index contributed by atoms with van der Waals surface area (Å²) >= 11 is 0. The summed E-state index contributed by atoms with van der Waals surface area (Å²) < 4.78 is 5.72. The van der Waals surface area contributed by atoms with E-state index in [0.29, 0.717) is 34.7 Å². The lowest BCUT2D eigenvalue weighted by Gasteiger charge is -2.10. The van der Waals surface area contributed by atoms with Crippen LogP contribution in [0.1, 0.15) is 40.1 Å². The molecular formula is C25H25N3O4. The molecule has 32 heavy (non-hydrogen) atoms. The maximum atomic E-state index is 12.5. The normalized spacial score (nSPS) is 10.5. The summed E-state index contributed by atoms with van der Waals surface area (Å²) in [7, 11) is 0. The van der Waals surface area contributed by atoms with Gasteiger partial charge < -0.3 is 21.1 Å². The third-order valence-electron chi connectivity index (χ3n) is 4.52. The van der Waals surface area contributed by atoms with Crippen LogP contribution in [0.4, 0.5) is 5.69 Å². The molecule has 3 aromatic rings. The zero-order chi connectivity index (χ0) is 23.1. The van der Waals surface area contributed by atoms with Crippen molar-refractivity contribution in [3.63, 3.8) is 0 Å². The van der Waals surface area contributed by atoms with Crippen molar-refractivity contribution >= 4 is 23.4 Å². The molecule has 0 heterocycles. The van der Waals surface area contributed by atoms with Crippen molar-refractivity contribution in [1.82, 2.24) is 5.32 Å². The molecule has 0 aliphatic rings. The molecule has 0 atom stereocenters. The molecule has 3 amide bonds. The molecular weight excluding hydrogens is 406 g/mol. The number of carbonyl (C=O) groups excluding carboxylic acids is 3. The van der Waals surface area contributed by atoms with Crippen LogP contribution in [0.2, 0.25) is 0 Å². The Morgan fingerprint density at radius 3 is 1.84 bits per heavy atom. The fourth-order valence-electron chi connectivity index (χ4n) is 2.97. The van der Waals surface area contributed by atoms with Crippen LogP contribution in [0.25, 0.3) is 0 Å². The van der Waals surface area contributed by atoms with Gasteiger partial charge in [-0.3, -0.25) is 14.4 Å². The molecule has 0 bridgehead atoms. The minimum Gasteiger partial charge on any atom is -0.457 e. The molecule has 0 fully saturated rings. The third kappa shape index (κ3) is 6.43. The summed E-state index contributed by atoms with van der Waals surface area (Å²) in [6.45, 7) is 3.83. The molecule has 0 aliphatic heterocycles. The van der Waals surface area contributed by atoms with Gasteiger partial charge in [0.25, 0.3) is 5.91 Å². The number of ether oxygens (including phenoxy) is 1. The zero-order valence-electron chi connectivity index (χ0n) is 17.9. The Morgan fingerprint density at radius 2 is 1.34 bits per heavy atom.